The van der Waals surface area contributed by atoms with Crippen molar-refractivity contribution in [2.24, 2.45) is 0 Å². The highest BCUT2D eigenvalue weighted by Gasteiger charge is 2.46. The molecule has 110 valence electrons. The Morgan fingerprint density at radius 1 is 1.55 bits per heavy atom. The molecule has 7 heteroatoms. The third kappa shape index (κ3) is 2.63. The lowest BCUT2D eigenvalue weighted by atomic mass is 9.82. The fraction of sp³-hybridized carbons (Fsp3) is 0.769. The molecule has 2 amide bonds. The number of rotatable bonds is 3. The molecule has 1 atom stereocenters. The Hall–Kier alpha value is -1.24. The molecule has 1 aromatic rings. The molecule has 1 aromatic heterocycles. The molecular weight excluding hydrogens is 276 g/mol. The molecule has 0 saturated carbocycles. The van der Waals surface area contributed by atoms with Gasteiger partial charge in [-0.25, -0.2) is 4.79 Å². The van der Waals surface area contributed by atoms with Gasteiger partial charge in [0, 0.05) is 31.8 Å². The Kier molecular flexibility index (Phi) is 3.62. The summed E-state index contributed by atoms with van der Waals surface area (Å²) in [6.07, 6.45) is 2.48. The average Bonchev–Trinajstić information content (AvgIpc) is 3.03. The number of nitrogens with zero attached hydrogens (tertiary/aromatic N) is 3. The van der Waals surface area contributed by atoms with E-state index in [9.17, 15) is 4.79 Å². The lowest BCUT2D eigenvalue weighted by Crippen LogP contribution is -2.62. The van der Waals surface area contributed by atoms with Crippen LogP contribution in [0.15, 0.2) is 4.42 Å². The predicted octanol–water partition coefficient (Wildman–Crippen LogP) is 1.56. The van der Waals surface area contributed by atoms with E-state index in [-0.39, 0.29) is 11.4 Å². The van der Waals surface area contributed by atoms with Crippen LogP contribution in [-0.2, 0) is 5.41 Å². The largest absolute Gasteiger partial charge is 0.425 e. The SMILES string of the molecule is Cc1nnc(C2(C)CN(C(=O)NCC3CCCS3)C2)o1. The first kappa shape index (κ1) is 13.7. The van der Waals surface area contributed by atoms with Crippen LogP contribution in [0.25, 0.3) is 0 Å². The monoisotopic (exact) mass is 296 g/mol. The minimum atomic E-state index is -0.194. The van der Waals surface area contributed by atoms with Gasteiger partial charge < -0.3 is 14.6 Å². The first-order valence-electron chi connectivity index (χ1n) is 7.02. The molecule has 2 aliphatic heterocycles. The van der Waals surface area contributed by atoms with Gasteiger partial charge in [0.1, 0.15) is 0 Å². The summed E-state index contributed by atoms with van der Waals surface area (Å²) in [6.45, 7) is 5.88. The van der Waals surface area contributed by atoms with Crippen LogP contribution in [0.1, 0.15) is 31.5 Å². The Labute approximate surface area is 122 Å². The lowest BCUT2D eigenvalue weighted by Gasteiger charge is -2.45. The fourth-order valence-electron chi connectivity index (χ4n) is 2.73. The van der Waals surface area contributed by atoms with Gasteiger partial charge in [-0.3, -0.25) is 0 Å². The molecular formula is C13H20N4O2S. The number of carbonyl (C=O) groups excluding carboxylic acids is 1. The number of aromatic nitrogens is 2. The lowest BCUT2D eigenvalue weighted by molar-refractivity contribution is 0.0842. The van der Waals surface area contributed by atoms with Crippen molar-refractivity contribution in [1.82, 2.24) is 20.4 Å². The number of amides is 2. The van der Waals surface area contributed by atoms with Gasteiger partial charge in [-0.2, -0.15) is 11.8 Å². The molecule has 2 saturated heterocycles. The van der Waals surface area contributed by atoms with Gasteiger partial charge >= 0.3 is 6.03 Å². The molecule has 0 aromatic carbocycles. The Balaban J connectivity index is 1.48. The number of likely N-dealkylation sites (tertiary alicyclic amines) is 1. The fourth-order valence-corrected chi connectivity index (χ4v) is 3.93. The van der Waals surface area contributed by atoms with Crippen molar-refractivity contribution in [2.75, 3.05) is 25.4 Å². The molecule has 2 aliphatic rings. The Morgan fingerprint density at radius 2 is 2.35 bits per heavy atom. The molecule has 0 bridgehead atoms. The minimum absolute atomic E-state index is 0.0196. The summed E-state index contributed by atoms with van der Waals surface area (Å²) in [4.78, 5) is 13.8. The van der Waals surface area contributed by atoms with Gasteiger partial charge in [-0.05, 0) is 25.5 Å². The smallest absolute Gasteiger partial charge is 0.317 e. The summed E-state index contributed by atoms with van der Waals surface area (Å²) in [5.41, 5.74) is -0.194. The third-order valence-corrected chi connectivity index (χ3v) is 5.31. The van der Waals surface area contributed by atoms with Gasteiger partial charge in [0.25, 0.3) is 0 Å². The second-order valence-electron chi connectivity index (χ2n) is 5.86. The number of hydrogen-bond acceptors (Lipinski definition) is 5. The molecule has 0 radical (unpaired) electrons. The zero-order chi connectivity index (χ0) is 14.2. The van der Waals surface area contributed by atoms with Gasteiger partial charge in [0.2, 0.25) is 11.8 Å². The van der Waals surface area contributed by atoms with E-state index in [0.29, 0.717) is 30.1 Å². The number of urea groups is 1. The van der Waals surface area contributed by atoms with E-state index >= 15 is 0 Å². The molecule has 1 unspecified atom stereocenters. The minimum Gasteiger partial charge on any atom is -0.425 e. The van der Waals surface area contributed by atoms with Crippen molar-refractivity contribution >= 4 is 17.8 Å². The van der Waals surface area contributed by atoms with Crippen molar-refractivity contribution in [3.05, 3.63) is 11.8 Å². The van der Waals surface area contributed by atoms with Crippen molar-refractivity contribution < 1.29 is 9.21 Å². The summed E-state index contributed by atoms with van der Waals surface area (Å²) in [5.74, 6) is 2.42. The van der Waals surface area contributed by atoms with Crippen LogP contribution in [0.2, 0.25) is 0 Å². The third-order valence-electron chi connectivity index (χ3n) is 3.91. The standard InChI is InChI=1S/C13H20N4O2S/c1-9-15-16-11(19-9)13(2)7-17(8-13)12(18)14-6-10-4-3-5-20-10/h10H,3-8H2,1-2H3,(H,14,18). The second-order valence-corrected chi connectivity index (χ2v) is 7.27. The number of hydrogen-bond donors (Lipinski definition) is 1. The summed E-state index contributed by atoms with van der Waals surface area (Å²) < 4.78 is 5.48. The first-order valence-corrected chi connectivity index (χ1v) is 8.07. The number of thioether (sulfide) groups is 1. The Morgan fingerprint density at radius 3 is 2.95 bits per heavy atom. The van der Waals surface area contributed by atoms with Crippen molar-refractivity contribution in [3.8, 4) is 0 Å². The van der Waals surface area contributed by atoms with Crippen LogP contribution >= 0.6 is 11.8 Å². The number of carbonyl (C=O) groups is 1. The first-order chi connectivity index (χ1) is 9.57. The van der Waals surface area contributed by atoms with Crippen LogP contribution in [0.5, 0.6) is 0 Å². The molecule has 1 N–H and O–H groups in total. The van der Waals surface area contributed by atoms with E-state index < -0.39 is 0 Å². The highest BCUT2D eigenvalue weighted by molar-refractivity contribution is 8.00. The van der Waals surface area contributed by atoms with Gasteiger partial charge in [0.15, 0.2) is 0 Å². The maximum absolute atomic E-state index is 12.0. The molecule has 3 rings (SSSR count). The van der Waals surface area contributed by atoms with Crippen LogP contribution < -0.4 is 5.32 Å². The zero-order valence-corrected chi connectivity index (χ0v) is 12.7. The molecule has 0 aliphatic carbocycles. The number of nitrogens with one attached hydrogen (secondary N) is 1. The maximum atomic E-state index is 12.0. The van der Waals surface area contributed by atoms with Gasteiger partial charge in [-0.1, -0.05) is 0 Å². The Bertz CT molecular complexity index is 492. The maximum Gasteiger partial charge on any atom is 0.317 e. The average molecular weight is 296 g/mol. The van der Waals surface area contributed by atoms with E-state index in [2.05, 4.69) is 22.4 Å². The van der Waals surface area contributed by atoms with Crippen molar-refractivity contribution in [1.29, 1.82) is 0 Å². The molecule has 20 heavy (non-hydrogen) atoms. The van der Waals surface area contributed by atoms with Crippen molar-refractivity contribution in [2.45, 2.75) is 37.4 Å². The predicted molar refractivity (Wildman–Crippen MR) is 76.8 cm³/mol. The normalized spacial score (nSPS) is 24.5. The summed E-state index contributed by atoms with van der Waals surface area (Å²) in [6, 6.07) is 0.0196. The zero-order valence-electron chi connectivity index (χ0n) is 11.9. The van der Waals surface area contributed by atoms with E-state index in [1.54, 1.807) is 11.8 Å². The van der Waals surface area contributed by atoms with E-state index in [1.165, 1.54) is 18.6 Å². The number of aryl methyl sites for hydroxylation is 1. The highest BCUT2D eigenvalue weighted by atomic mass is 32.2. The van der Waals surface area contributed by atoms with E-state index in [1.807, 2.05) is 11.8 Å². The molecule has 3 heterocycles. The van der Waals surface area contributed by atoms with Crippen LogP contribution in [0.3, 0.4) is 0 Å². The van der Waals surface area contributed by atoms with Gasteiger partial charge in [0.05, 0.1) is 5.41 Å². The topological polar surface area (TPSA) is 71.3 Å². The van der Waals surface area contributed by atoms with Crippen molar-refractivity contribution in [3.63, 3.8) is 0 Å². The van der Waals surface area contributed by atoms with Crippen LogP contribution in [-0.4, -0.2) is 51.8 Å². The van der Waals surface area contributed by atoms with Gasteiger partial charge in [-0.15, -0.1) is 10.2 Å². The molecule has 0 spiro atoms. The summed E-state index contributed by atoms with van der Waals surface area (Å²) in [5, 5.41) is 11.5. The van der Waals surface area contributed by atoms with Crippen LogP contribution in [0, 0.1) is 6.92 Å². The summed E-state index contributed by atoms with van der Waals surface area (Å²) >= 11 is 1.95. The quantitative estimate of drug-likeness (QED) is 0.916. The van der Waals surface area contributed by atoms with E-state index in [0.717, 1.165) is 6.54 Å². The van der Waals surface area contributed by atoms with E-state index in [4.69, 9.17) is 4.42 Å². The second kappa shape index (κ2) is 5.27. The molecule has 2 fully saturated rings. The highest BCUT2D eigenvalue weighted by Crippen LogP contribution is 2.33. The summed E-state index contributed by atoms with van der Waals surface area (Å²) in [7, 11) is 0. The molecule has 6 nitrogen and oxygen atoms in total. The van der Waals surface area contributed by atoms with Crippen LogP contribution in [0.4, 0.5) is 4.79 Å².